The molecule has 34 heavy (non-hydrogen) atoms. The number of rotatable bonds is 6. The van der Waals surface area contributed by atoms with Gasteiger partial charge in [0.05, 0.1) is 22.7 Å². The van der Waals surface area contributed by atoms with Gasteiger partial charge in [-0.05, 0) is 36.4 Å². The number of aliphatic hydroxyl groups is 1. The third kappa shape index (κ3) is 4.37. The lowest BCUT2D eigenvalue weighted by atomic mass is 10.2. The Morgan fingerprint density at radius 3 is 2.50 bits per heavy atom. The van der Waals surface area contributed by atoms with Gasteiger partial charge in [0, 0.05) is 32.7 Å². The highest BCUT2D eigenvalue weighted by atomic mass is 79.9. The van der Waals surface area contributed by atoms with Gasteiger partial charge in [0.25, 0.3) is 10.0 Å². The number of hydrogen-bond donors (Lipinski definition) is 3. The Hall–Kier alpha value is -3.06. The third-order valence-electron chi connectivity index (χ3n) is 5.07. The minimum atomic E-state index is -3.77. The first-order valence-corrected chi connectivity index (χ1v) is 13.9. The molecule has 4 aromatic rings. The second-order valence-corrected chi connectivity index (χ2v) is 11.6. The van der Waals surface area contributed by atoms with Crippen LogP contribution in [0, 0.1) is 5.41 Å². The number of thiazole rings is 2. The second-order valence-electron chi connectivity index (χ2n) is 7.24. The molecule has 0 saturated heterocycles. The second kappa shape index (κ2) is 8.95. The number of hydrogen-bond acceptors (Lipinski definition) is 8. The number of amidine groups is 1. The zero-order chi connectivity index (χ0) is 23.9. The van der Waals surface area contributed by atoms with E-state index in [-0.39, 0.29) is 28.2 Å². The molecule has 0 saturated carbocycles. The Bertz CT molecular complexity index is 1500. The average Bonchev–Trinajstić information content (AvgIpc) is 3.55. The van der Waals surface area contributed by atoms with Crippen LogP contribution in [0.15, 0.2) is 80.6 Å². The van der Waals surface area contributed by atoms with Crippen molar-refractivity contribution in [2.45, 2.75) is 4.90 Å². The van der Waals surface area contributed by atoms with Crippen molar-refractivity contribution in [3.8, 4) is 11.3 Å². The van der Waals surface area contributed by atoms with Crippen molar-refractivity contribution < 1.29 is 13.5 Å². The summed E-state index contributed by atoms with van der Waals surface area (Å²) in [5.41, 5.74) is 2.66. The van der Waals surface area contributed by atoms with Crippen molar-refractivity contribution in [2.24, 2.45) is 0 Å². The Kier molecular flexibility index (Phi) is 5.98. The highest BCUT2D eigenvalue weighted by molar-refractivity contribution is 9.10. The molecule has 8 nitrogen and oxygen atoms in total. The van der Waals surface area contributed by atoms with Crippen LogP contribution in [0.1, 0.15) is 5.01 Å². The van der Waals surface area contributed by atoms with E-state index >= 15 is 0 Å². The molecule has 2 aromatic carbocycles. The fourth-order valence-electron chi connectivity index (χ4n) is 3.42. The third-order valence-corrected chi connectivity index (χ3v) is 8.63. The maximum Gasteiger partial charge on any atom is 0.263 e. The van der Waals surface area contributed by atoms with E-state index in [2.05, 4.69) is 30.6 Å². The molecule has 1 aliphatic heterocycles. The normalized spacial score (nSPS) is 14.1. The van der Waals surface area contributed by atoms with Crippen LogP contribution in [0.2, 0.25) is 0 Å². The number of benzene rings is 2. The molecule has 0 atom stereocenters. The monoisotopic (exact) mass is 573 g/mol. The molecule has 12 heteroatoms. The van der Waals surface area contributed by atoms with Crippen LogP contribution in [-0.4, -0.2) is 35.9 Å². The van der Waals surface area contributed by atoms with Gasteiger partial charge in [-0.25, -0.2) is 18.4 Å². The van der Waals surface area contributed by atoms with E-state index in [1.807, 2.05) is 29.6 Å². The number of sulfonamides is 1. The average molecular weight is 575 g/mol. The molecule has 0 fully saturated rings. The molecule has 0 spiro atoms. The molecule has 0 amide bonds. The number of aromatic nitrogens is 2. The molecule has 0 unspecified atom stereocenters. The summed E-state index contributed by atoms with van der Waals surface area (Å²) in [5.74, 6) is 0.148. The van der Waals surface area contributed by atoms with E-state index < -0.39 is 10.0 Å². The van der Waals surface area contributed by atoms with E-state index in [0.717, 1.165) is 15.7 Å². The van der Waals surface area contributed by atoms with Crippen LogP contribution >= 0.6 is 38.6 Å². The van der Waals surface area contributed by atoms with Crippen LogP contribution in [0.3, 0.4) is 0 Å². The Balaban J connectivity index is 1.35. The lowest BCUT2D eigenvalue weighted by Crippen LogP contribution is -2.26. The molecule has 0 bridgehead atoms. The van der Waals surface area contributed by atoms with Crippen LogP contribution in [0.25, 0.3) is 16.8 Å². The van der Waals surface area contributed by atoms with E-state index in [9.17, 15) is 13.5 Å². The first-order valence-electron chi connectivity index (χ1n) is 9.84. The standard InChI is InChI=1S/C22H16BrN5O3S3/c23-14-3-1-13(2-4-14)17-12-33-21(26-17)19-18(29)11-28(20(19)24)15-5-7-16(8-6-15)34(30,31)27-22-25-9-10-32-22/h1-10,12,24,29H,11H2,(H,25,27). The molecule has 3 heterocycles. The first kappa shape index (κ1) is 22.7. The maximum atomic E-state index is 12.6. The summed E-state index contributed by atoms with van der Waals surface area (Å²) < 4.78 is 28.5. The van der Waals surface area contributed by atoms with Crippen molar-refractivity contribution >= 4 is 70.9 Å². The van der Waals surface area contributed by atoms with Crippen molar-refractivity contribution in [3.63, 3.8) is 0 Å². The van der Waals surface area contributed by atoms with Gasteiger partial charge < -0.3 is 10.0 Å². The summed E-state index contributed by atoms with van der Waals surface area (Å²) in [6, 6.07) is 13.9. The summed E-state index contributed by atoms with van der Waals surface area (Å²) in [7, 11) is -3.77. The van der Waals surface area contributed by atoms with E-state index in [0.29, 0.717) is 16.3 Å². The molecular weight excluding hydrogens is 558 g/mol. The minimum Gasteiger partial charge on any atom is -0.510 e. The number of aliphatic hydroxyl groups excluding tert-OH is 1. The molecule has 0 radical (unpaired) electrons. The fraction of sp³-hybridized carbons (Fsp3) is 0.0455. The summed E-state index contributed by atoms with van der Waals surface area (Å²) in [6.45, 7) is 0.102. The number of anilines is 2. The topological polar surface area (TPSA) is 119 Å². The fourth-order valence-corrected chi connectivity index (χ4v) is 6.37. The predicted molar refractivity (Wildman–Crippen MR) is 139 cm³/mol. The first-order chi connectivity index (χ1) is 16.3. The Labute approximate surface area is 212 Å². The zero-order valence-corrected chi connectivity index (χ0v) is 21.3. The van der Waals surface area contributed by atoms with Crippen LogP contribution < -0.4 is 9.62 Å². The van der Waals surface area contributed by atoms with Crippen molar-refractivity contribution in [1.82, 2.24) is 9.97 Å². The summed E-state index contributed by atoms with van der Waals surface area (Å²) in [4.78, 5) is 10.3. The molecular formula is C22H16BrN5O3S3. The Morgan fingerprint density at radius 2 is 1.82 bits per heavy atom. The molecule has 1 aliphatic rings. The molecule has 2 aromatic heterocycles. The molecule has 5 rings (SSSR count). The quantitative estimate of drug-likeness (QED) is 0.276. The minimum absolute atomic E-state index is 0.0452. The maximum absolute atomic E-state index is 12.6. The number of nitrogens with one attached hydrogen (secondary N) is 2. The highest BCUT2D eigenvalue weighted by Crippen LogP contribution is 2.35. The van der Waals surface area contributed by atoms with Gasteiger partial charge in [0.15, 0.2) is 5.13 Å². The van der Waals surface area contributed by atoms with Gasteiger partial charge in [0.1, 0.15) is 16.6 Å². The van der Waals surface area contributed by atoms with Crippen molar-refractivity contribution in [2.75, 3.05) is 16.2 Å². The van der Waals surface area contributed by atoms with Crippen LogP contribution in [0.4, 0.5) is 10.8 Å². The number of halogens is 1. The van der Waals surface area contributed by atoms with Crippen LogP contribution in [0.5, 0.6) is 0 Å². The molecule has 0 aliphatic carbocycles. The Morgan fingerprint density at radius 1 is 1.09 bits per heavy atom. The van der Waals surface area contributed by atoms with E-state index in [4.69, 9.17) is 5.41 Å². The van der Waals surface area contributed by atoms with Crippen LogP contribution in [-0.2, 0) is 10.0 Å². The van der Waals surface area contributed by atoms with Gasteiger partial charge >= 0.3 is 0 Å². The van der Waals surface area contributed by atoms with Crippen molar-refractivity contribution in [1.29, 1.82) is 5.41 Å². The SMILES string of the molecule is N=C1C(c2nc(-c3ccc(Br)cc3)cs2)=C(O)CN1c1ccc(S(=O)(=O)Nc2nccs2)cc1. The molecule has 172 valence electrons. The van der Waals surface area contributed by atoms with E-state index in [1.54, 1.807) is 22.4 Å². The van der Waals surface area contributed by atoms with E-state index in [1.165, 1.54) is 41.0 Å². The smallest absolute Gasteiger partial charge is 0.263 e. The van der Waals surface area contributed by atoms with Crippen molar-refractivity contribution in [3.05, 3.63) is 80.7 Å². The molecule has 3 N–H and O–H groups in total. The lowest BCUT2D eigenvalue weighted by molar-refractivity contribution is 0.411. The summed E-state index contributed by atoms with van der Waals surface area (Å²) in [5, 5.41) is 23.7. The highest BCUT2D eigenvalue weighted by Gasteiger charge is 2.31. The van der Waals surface area contributed by atoms with Gasteiger partial charge in [0.2, 0.25) is 0 Å². The van der Waals surface area contributed by atoms with Gasteiger partial charge in [-0.1, -0.05) is 28.1 Å². The van der Waals surface area contributed by atoms with Gasteiger partial charge in [-0.2, -0.15) is 0 Å². The zero-order valence-electron chi connectivity index (χ0n) is 17.3. The predicted octanol–water partition coefficient (Wildman–Crippen LogP) is 5.60. The van der Waals surface area contributed by atoms with Gasteiger partial charge in [-0.15, -0.1) is 22.7 Å². The van der Waals surface area contributed by atoms with Gasteiger partial charge in [-0.3, -0.25) is 10.1 Å². The number of nitrogens with zero attached hydrogens (tertiary/aromatic N) is 3. The lowest BCUT2D eigenvalue weighted by Gasteiger charge is -2.19. The summed E-state index contributed by atoms with van der Waals surface area (Å²) >= 11 is 5.97. The summed E-state index contributed by atoms with van der Waals surface area (Å²) in [6.07, 6.45) is 1.52. The largest absolute Gasteiger partial charge is 0.510 e.